The van der Waals surface area contributed by atoms with Crippen molar-refractivity contribution in [2.75, 3.05) is 11.9 Å². The molecule has 3 aromatic rings. The van der Waals surface area contributed by atoms with Gasteiger partial charge in [-0.15, -0.1) is 0 Å². The van der Waals surface area contributed by atoms with Gasteiger partial charge in [-0.05, 0) is 30.3 Å². The zero-order valence-corrected chi connectivity index (χ0v) is 14.6. The predicted molar refractivity (Wildman–Crippen MR) is 100 cm³/mol. The van der Waals surface area contributed by atoms with Crippen molar-refractivity contribution in [3.05, 3.63) is 88.8 Å². The summed E-state index contributed by atoms with van der Waals surface area (Å²) in [4.78, 5) is 24.7. The molecule has 2 N–H and O–H groups in total. The number of carbonyl (C=O) groups excluding carboxylic acids is 2. The summed E-state index contributed by atoms with van der Waals surface area (Å²) in [5.41, 5.74) is 1.53. The summed E-state index contributed by atoms with van der Waals surface area (Å²) < 4.78 is 5.16. The second-order valence-corrected chi connectivity index (χ2v) is 6.03. The fraction of sp³-hybridized carbons (Fsp3) is 0.100. The molecule has 1 heterocycles. The second-order valence-electron chi connectivity index (χ2n) is 5.59. The average molecular weight is 369 g/mol. The molecule has 0 bridgehead atoms. The van der Waals surface area contributed by atoms with Crippen LogP contribution in [0.2, 0.25) is 5.02 Å². The molecule has 3 rings (SSSR count). The smallest absolute Gasteiger partial charge is 0.239 e. The number of halogens is 1. The third-order valence-electron chi connectivity index (χ3n) is 3.74. The van der Waals surface area contributed by atoms with Crippen molar-refractivity contribution >= 4 is 29.0 Å². The molecule has 0 aliphatic carbocycles. The van der Waals surface area contributed by atoms with Crippen LogP contribution in [0.4, 0.5) is 5.69 Å². The maximum atomic E-state index is 12.7. The Balaban J connectivity index is 1.68. The summed E-state index contributed by atoms with van der Waals surface area (Å²) in [7, 11) is 0. The Morgan fingerprint density at radius 1 is 1.00 bits per heavy atom. The van der Waals surface area contributed by atoms with Gasteiger partial charge in [0.1, 0.15) is 5.76 Å². The fourth-order valence-electron chi connectivity index (χ4n) is 2.44. The molecule has 6 heteroatoms. The minimum absolute atomic E-state index is 0.0252. The molecule has 132 valence electrons. The van der Waals surface area contributed by atoms with Crippen LogP contribution in [0, 0.1) is 0 Å². The van der Waals surface area contributed by atoms with Crippen molar-refractivity contribution in [1.82, 2.24) is 5.32 Å². The number of carbonyl (C=O) groups is 2. The molecule has 0 aliphatic rings. The number of rotatable bonds is 7. The van der Waals surface area contributed by atoms with Crippen molar-refractivity contribution in [1.29, 1.82) is 0 Å². The van der Waals surface area contributed by atoms with Crippen LogP contribution in [0.3, 0.4) is 0 Å². The highest BCUT2D eigenvalue weighted by Crippen LogP contribution is 2.23. The number of hydrogen-bond donors (Lipinski definition) is 2. The zero-order chi connectivity index (χ0) is 18.4. The highest BCUT2D eigenvalue weighted by molar-refractivity contribution is 6.31. The number of amides is 1. The van der Waals surface area contributed by atoms with Gasteiger partial charge in [0, 0.05) is 21.8 Å². The lowest BCUT2D eigenvalue weighted by Crippen LogP contribution is -2.29. The van der Waals surface area contributed by atoms with E-state index >= 15 is 0 Å². The second kappa shape index (κ2) is 8.36. The van der Waals surface area contributed by atoms with E-state index in [0.29, 0.717) is 34.1 Å². The van der Waals surface area contributed by atoms with E-state index in [-0.39, 0.29) is 18.2 Å². The predicted octanol–water partition coefficient (Wildman–Crippen LogP) is 3.89. The van der Waals surface area contributed by atoms with E-state index in [1.165, 1.54) is 0 Å². The van der Waals surface area contributed by atoms with E-state index in [9.17, 15) is 9.59 Å². The molecule has 0 radical (unpaired) electrons. The Morgan fingerprint density at radius 2 is 1.81 bits per heavy atom. The third-order valence-corrected chi connectivity index (χ3v) is 3.98. The van der Waals surface area contributed by atoms with E-state index in [4.69, 9.17) is 16.0 Å². The fourth-order valence-corrected chi connectivity index (χ4v) is 2.61. The van der Waals surface area contributed by atoms with E-state index in [1.54, 1.807) is 60.9 Å². The standard InChI is InChI=1S/C20H17ClN2O3/c21-15-8-9-18(17(11-15)20(25)14-5-2-1-3-6-14)22-13-19(24)23-12-16-7-4-10-26-16/h1-11,22H,12-13H2,(H,23,24). The van der Waals surface area contributed by atoms with Gasteiger partial charge < -0.3 is 15.1 Å². The molecular formula is C20H17ClN2O3. The minimum atomic E-state index is -0.213. The Morgan fingerprint density at radius 3 is 2.54 bits per heavy atom. The largest absolute Gasteiger partial charge is 0.467 e. The molecular weight excluding hydrogens is 352 g/mol. The summed E-state index contributed by atoms with van der Waals surface area (Å²) in [6, 6.07) is 17.4. The zero-order valence-electron chi connectivity index (χ0n) is 13.9. The van der Waals surface area contributed by atoms with Gasteiger partial charge in [-0.25, -0.2) is 0 Å². The van der Waals surface area contributed by atoms with Crippen LogP contribution in [0.5, 0.6) is 0 Å². The SMILES string of the molecule is O=C(CNc1ccc(Cl)cc1C(=O)c1ccccc1)NCc1ccco1. The van der Waals surface area contributed by atoms with Crippen LogP contribution < -0.4 is 10.6 Å². The molecule has 5 nitrogen and oxygen atoms in total. The van der Waals surface area contributed by atoms with Crippen LogP contribution in [0.1, 0.15) is 21.7 Å². The topological polar surface area (TPSA) is 71.3 Å². The minimum Gasteiger partial charge on any atom is -0.467 e. The number of benzene rings is 2. The van der Waals surface area contributed by atoms with Crippen LogP contribution in [-0.4, -0.2) is 18.2 Å². The lowest BCUT2D eigenvalue weighted by molar-refractivity contribution is -0.119. The van der Waals surface area contributed by atoms with E-state index in [2.05, 4.69) is 10.6 Å². The molecule has 0 saturated carbocycles. The van der Waals surface area contributed by atoms with Gasteiger partial charge in [-0.3, -0.25) is 9.59 Å². The van der Waals surface area contributed by atoms with E-state index in [0.717, 1.165) is 0 Å². The van der Waals surface area contributed by atoms with Crippen LogP contribution in [-0.2, 0) is 11.3 Å². The first-order valence-corrected chi connectivity index (χ1v) is 8.43. The van der Waals surface area contributed by atoms with Gasteiger partial charge in [0.2, 0.25) is 5.91 Å². The molecule has 0 atom stereocenters. The molecule has 1 aromatic heterocycles. The summed E-state index contributed by atoms with van der Waals surface area (Å²) >= 11 is 6.05. The molecule has 0 saturated heterocycles. The van der Waals surface area contributed by atoms with Crippen molar-refractivity contribution < 1.29 is 14.0 Å². The normalized spacial score (nSPS) is 10.3. The van der Waals surface area contributed by atoms with Crippen LogP contribution in [0.25, 0.3) is 0 Å². The molecule has 1 amide bonds. The third kappa shape index (κ3) is 4.52. The van der Waals surface area contributed by atoms with Gasteiger partial charge in [-0.1, -0.05) is 41.9 Å². The van der Waals surface area contributed by atoms with Crippen molar-refractivity contribution in [3.8, 4) is 0 Å². The Hall–Kier alpha value is -3.05. The maximum absolute atomic E-state index is 12.7. The molecule has 0 fully saturated rings. The number of ketones is 1. The molecule has 0 aliphatic heterocycles. The first-order valence-electron chi connectivity index (χ1n) is 8.06. The van der Waals surface area contributed by atoms with Gasteiger partial charge in [0.25, 0.3) is 0 Å². The summed E-state index contributed by atoms with van der Waals surface area (Å²) in [6.07, 6.45) is 1.55. The molecule has 0 spiro atoms. The van der Waals surface area contributed by atoms with Gasteiger partial charge >= 0.3 is 0 Å². The Bertz CT molecular complexity index is 893. The van der Waals surface area contributed by atoms with Crippen LogP contribution >= 0.6 is 11.6 Å². The van der Waals surface area contributed by atoms with Gasteiger partial charge in [-0.2, -0.15) is 0 Å². The summed E-state index contributed by atoms with van der Waals surface area (Å²) in [5, 5.41) is 6.20. The summed E-state index contributed by atoms with van der Waals surface area (Å²) in [6.45, 7) is 0.335. The van der Waals surface area contributed by atoms with Gasteiger partial charge in [0.05, 0.1) is 19.4 Å². The quantitative estimate of drug-likeness (QED) is 0.620. The van der Waals surface area contributed by atoms with Crippen molar-refractivity contribution in [2.24, 2.45) is 0 Å². The highest BCUT2D eigenvalue weighted by atomic mass is 35.5. The highest BCUT2D eigenvalue weighted by Gasteiger charge is 2.15. The average Bonchev–Trinajstić information content (AvgIpc) is 3.19. The van der Waals surface area contributed by atoms with E-state index in [1.807, 2.05) is 6.07 Å². The van der Waals surface area contributed by atoms with Crippen molar-refractivity contribution in [2.45, 2.75) is 6.54 Å². The summed E-state index contributed by atoms with van der Waals surface area (Å²) in [5.74, 6) is 0.297. The number of hydrogen-bond acceptors (Lipinski definition) is 4. The Labute approximate surface area is 156 Å². The molecule has 0 unspecified atom stereocenters. The number of anilines is 1. The monoisotopic (exact) mass is 368 g/mol. The molecule has 2 aromatic carbocycles. The van der Waals surface area contributed by atoms with E-state index < -0.39 is 0 Å². The lowest BCUT2D eigenvalue weighted by Gasteiger charge is -2.12. The first kappa shape index (κ1) is 17.8. The maximum Gasteiger partial charge on any atom is 0.239 e. The number of furan rings is 1. The van der Waals surface area contributed by atoms with Crippen molar-refractivity contribution in [3.63, 3.8) is 0 Å². The van der Waals surface area contributed by atoms with Gasteiger partial charge in [0.15, 0.2) is 5.78 Å². The lowest BCUT2D eigenvalue weighted by atomic mass is 10.0. The molecule has 26 heavy (non-hydrogen) atoms. The Kier molecular flexibility index (Phi) is 5.71. The van der Waals surface area contributed by atoms with Crippen LogP contribution in [0.15, 0.2) is 71.3 Å². The number of nitrogens with one attached hydrogen (secondary N) is 2. The first-order chi connectivity index (χ1) is 12.6.